The molecule has 1 amide bonds. The lowest BCUT2D eigenvalue weighted by Crippen LogP contribution is -2.51. The topological polar surface area (TPSA) is 76.2 Å². The number of rotatable bonds is 5. The Kier molecular flexibility index (Phi) is 4.51. The average molecular weight is 372 g/mol. The van der Waals surface area contributed by atoms with Crippen molar-refractivity contribution in [2.45, 2.75) is 56.4 Å². The van der Waals surface area contributed by atoms with Crippen molar-refractivity contribution < 1.29 is 4.79 Å². The zero-order chi connectivity index (χ0) is 18.4. The molecular formula is C21H33N5O. The lowest BCUT2D eigenvalue weighted by atomic mass is 9.76. The molecule has 27 heavy (non-hydrogen) atoms. The van der Waals surface area contributed by atoms with Gasteiger partial charge in [-0.05, 0) is 100 Å². The number of likely N-dealkylation sites (tertiary alicyclic amines) is 1. The zero-order valence-corrected chi connectivity index (χ0v) is 16.3. The summed E-state index contributed by atoms with van der Waals surface area (Å²) in [4.78, 5) is 14.6. The van der Waals surface area contributed by atoms with Gasteiger partial charge in [0.25, 0.3) is 0 Å². The van der Waals surface area contributed by atoms with Crippen molar-refractivity contribution in [1.29, 1.82) is 0 Å². The Morgan fingerprint density at radius 3 is 2.52 bits per heavy atom. The number of aromatic nitrogens is 2. The number of carbonyl (C=O) groups is 1. The number of nitrogens with two attached hydrogens (primary N) is 1. The first-order valence-electron chi connectivity index (χ1n) is 10.9. The van der Waals surface area contributed by atoms with E-state index in [4.69, 9.17) is 5.73 Å². The van der Waals surface area contributed by atoms with E-state index < -0.39 is 5.54 Å². The summed E-state index contributed by atoms with van der Waals surface area (Å²) >= 11 is 0. The molecule has 0 radical (unpaired) electrons. The average Bonchev–Trinajstić information content (AvgIpc) is 3.30. The summed E-state index contributed by atoms with van der Waals surface area (Å²) in [5, 5.41) is 8.09. The Bertz CT molecular complexity index is 676. The number of amides is 1. The molecular weight excluding hydrogens is 338 g/mol. The first-order valence-corrected chi connectivity index (χ1v) is 10.9. The summed E-state index contributed by atoms with van der Waals surface area (Å²) in [6.07, 6.45) is 12.1. The number of carbonyl (C=O) groups excluding carboxylic acids is 1. The summed E-state index contributed by atoms with van der Waals surface area (Å²) in [5.74, 6) is 3.15. The molecule has 3 N–H and O–H groups in total. The van der Waals surface area contributed by atoms with Crippen molar-refractivity contribution in [3.05, 3.63) is 18.0 Å². The van der Waals surface area contributed by atoms with Gasteiger partial charge in [0.2, 0.25) is 5.91 Å². The molecule has 0 bridgehead atoms. The minimum Gasteiger partial charge on any atom is -0.368 e. The molecule has 1 aromatic rings. The highest BCUT2D eigenvalue weighted by molar-refractivity contribution is 5.83. The molecule has 2 aliphatic heterocycles. The molecule has 2 saturated carbocycles. The minimum atomic E-state index is -0.547. The second-order valence-corrected chi connectivity index (χ2v) is 9.56. The van der Waals surface area contributed by atoms with Gasteiger partial charge in [0, 0.05) is 12.7 Å². The molecule has 1 aromatic heterocycles. The summed E-state index contributed by atoms with van der Waals surface area (Å²) in [7, 11) is 0. The van der Waals surface area contributed by atoms with Crippen molar-refractivity contribution >= 4 is 5.91 Å². The number of piperidine rings is 1. The summed E-state index contributed by atoms with van der Waals surface area (Å²) in [6, 6.07) is 0. The predicted molar refractivity (Wildman–Crippen MR) is 104 cm³/mol. The highest BCUT2D eigenvalue weighted by Gasteiger charge is 2.45. The van der Waals surface area contributed by atoms with Crippen LogP contribution >= 0.6 is 0 Å². The second kappa shape index (κ2) is 6.89. The Labute approximate surface area is 161 Å². The van der Waals surface area contributed by atoms with E-state index in [1.165, 1.54) is 64.0 Å². The molecule has 3 heterocycles. The van der Waals surface area contributed by atoms with Gasteiger partial charge in [0.1, 0.15) is 5.54 Å². The Morgan fingerprint density at radius 2 is 1.93 bits per heavy atom. The monoisotopic (exact) mass is 371 g/mol. The third-order valence-electron chi connectivity index (χ3n) is 8.01. The van der Waals surface area contributed by atoms with Crippen molar-refractivity contribution in [1.82, 2.24) is 20.0 Å². The first kappa shape index (κ1) is 17.7. The maximum atomic E-state index is 11.9. The van der Waals surface area contributed by atoms with Gasteiger partial charge in [-0.1, -0.05) is 0 Å². The number of hydrogen-bond donors (Lipinski definition) is 2. The maximum absolute atomic E-state index is 11.9. The van der Waals surface area contributed by atoms with Crippen molar-refractivity contribution in [3.8, 4) is 0 Å². The van der Waals surface area contributed by atoms with Crippen LogP contribution in [-0.4, -0.2) is 53.3 Å². The van der Waals surface area contributed by atoms with Crippen LogP contribution in [0.5, 0.6) is 0 Å². The van der Waals surface area contributed by atoms with E-state index in [0.29, 0.717) is 5.92 Å². The van der Waals surface area contributed by atoms with E-state index >= 15 is 0 Å². The molecule has 0 aromatic carbocycles. The number of hydrogen-bond acceptors (Lipinski definition) is 4. The van der Waals surface area contributed by atoms with E-state index in [9.17, 15) is 4.79 Å². The number of fused-ring (bicyclic) bond motifs is 1. The molecule has 0 spiro atoms. The standard InChI is InChI=1S/C21H33N5O/c22-20(27)21(4-1-5-21)26-14-19(12-24-26)16-2-6-25(7-3-16)13-15-8-17-10-23-11-18(17)9-15/h12,14-18,23H,1-11,13H2,(H2,22,27). The van der Waals surface area contributed by atoms with Gasteiger partial charge < -0.3 is 16.0 Å². The molecule has 4 aliphatic rings. The quantitative estimate of drug-likeness (QED) is 0.826. The predicted octanol–water partition coefficient (Wildman–Crippen LogP) is 1.67. The third kappa shape index (κ3) is 3.11. The van der Waals surface area contributed by atoms with Crippen LogP contribution in [0.4, 0.5) is 0 Å². The van der Waals surface area contributed by atoms with Crippen LogP contribution in [0.1, 0.15) is 56.4 Å². The lowest BCUT2D eigenvalue weighted by Gasteiger charge is -2.39. The number of nitrogens with zero attached hydrogens (tertiary/aromatic N) is 3. The molecule has 4 fully saturated rings. The second-order valence-electron chi connectivity index (χ2n) is 9.56. The highest BCUT2D eigenvalue weighted by atomic mass is 16.1. The fourth-order valence-electron chi connectivity index (χ4n) is 6.14. The zero-order valence-electron chi connectivity index (χ0n) is 16.3. The molecule has 2 aliphatic carbocycles. The van der Waals surface area contributed by atoms with Crippen LogP contribution in [0.2, 0.25) is 0 Å². The van der Waals surface area contributed by atoms with Gasteiger partial charge in [-0.2, -0.15) is 5.10 Å². The van der Waals surface area contributed by atoms with Crippen LogP contribution in [0.25, 0.3) is 0 Å². The van der Waals surface area contributed by atoms with Gasteiger partial charge in [0.05, 0.1) is 6.20 Å². The van der Waals surface area contributed by atoms with Crippen molar-refractivity contribution in [2.24, 2.45) is 23.5 Å². The SMILES string of the molecule is NC(=O)C1(n2cc(C3CCN(CC4CC5CNCC5C4)CC3)cn2)CCC1. The molecule has 2 saturated heterocycles. The molecule has 148 valence electrons. The number of nitrogens with one attached hydrogen (secondary N) is 1. The first-order chi connectivity index (χ1) is 13.1. The normalized spacial score (nSPS) is 33.7. The summed E-state index contributed by atoms with van der Waals surface area (Å²) in [6.45, 7) is 6.19. The van der Waals surface area contributed by atoms with Gasteiger partial charge in [-0.3, -0.25) is 9.48 Å². The smallest absolute Gasteiger partial charge is 0.245 e. The Hall–Kier alpha value is -1.40. The minimum absolute atomic E-state index is 0.227. The van der Waals surface area contributed by atoms with Gasteiger partial charge in [0.15, 0.2) is 0 Å². The molecule has 2 unspecified atom stereocenters. The van der Waals surface area contributed by atoms with Crippen LogP contribution in [-0.2, 0) is 10.3 Å². The number of primary amides is 1. The summed E-state index contributed by atoms with van der Waals surface area (Å²) < 4.78 is 1.87. The fraction of sp³-hybridized carbons (Fsp3) is 0.810. The van der Waals surface area contributed by atoms with Crippen molar-refractivity contribution in [3.63, 3.8) is 0 Å². The van der Waals surface area contributed by atoms with E-state index in [-0.39, 0.29) is 5.91 Å². The van der Waals surface area contributed by atoms with Crippen LogP contribution in [0, 0.1) is 17.8 Å². The molecule has 5 rings (SSSR count). The van der Waals surface area contributed by atoms with Gasteiger partial charge >= 0.3 is 0 Å². The Morgan fingerprint density at radius 1 is 1.22 bits per heavy atom. The van der Waals surface area contributed by atoms with Gasteiger partial charge in [-0.25, -0.2) is 0 Å². The molecule has 2 atom stereocenters. The van der Waals surface area contributed by atoms with Crippen LogP contribution in [0.3, 0.4) is 0 Å². The highest BCUT2D eigenvalue weighted by Crippen LogP contribution is 2.41. The van der Waals surface area contributed by atoms with Crippen LogP contribution < -0.4 is 11.1 Å². The van der Waals surface area contributed by atoms with E-state index in [0.717, 1.165) is 37.0 Å². The molecule has 6 heteroatoms. The van der Waals surface area contributed by atoms with Gasteiger partial charge in [-0.15, -0.1) is 0 Å². The Balaban J connectivity index is 1.15. The van der Waals surface area contributed by atoms with E-state index in [2.05, 4.69) is 21.5 Å². The van der Waals surface area contributed by atoms with E-state index in [1.807, 2.05) is 10.9 Å². The fourth-order valence-corrected chi connectivity index (χ4v) is 6.14. The van der Waals surface area contributed by atoms with Crippen LogP contribution in [0.15, 0.2) is 12.4 Å². The van der Waals surface area contributed by atoms with Crippen molar-refractivity contribution in [2.75, 3.05) is 32.7 Å². The maximum Gasteiger partial charge on any atom is 0.245 e. The molecule has 6 nitrogen and oxygen atoms in total. The lowest BCUT2D eigenvalue weighted by molar-refractivity contribution is -0.131. The third-order valence-corrected chi connectivity index (χ3v) is 8.01. The largest absolute Gasteiger partial charge is 0.368 e. The summed E-state index contributed by atoms with van der Waals surface area (Å²) in [5.41, 5.74) is 6.42. The van der Waals surface area contributed by atoms with E-state index in [1.54, 1.807) is 0 Å².